The van der Waals surface area contributed by atoms with Crippen LogP contribution in [0.15, 0.2) is 36.4 Å². The van der Waals surface area contributed by atoms with Gasteiger partial charge in [-0.15, -0.1) is 0 Å². The average molecular weight is 309 g/mol. The van der Waals surface area contributed by atoms with E-state index in [9.17, 15) is 9.18 Å². The van der Waals surface area contributed by atoms with E-state index in [1.807, 2.05) is 0 Å². The van der Waals surface area contributed by atoms with E-state index < -0.39 is 11.8 Å². The Hall–Kier alpha value is -2.27. The van der Waals surface area contributed by atoms with Gasteiger partial charge in [0.25, 0.3) is 0 Å². The van der Waals surface area contributed by atoms with Crippen molar-refractivity contribution in [1.82, 2.24) is 0 Å². The molecular formula is C15H10ClFO4. The van der Waals surface area contributed by atoms with Crippen LogP contribution in [0.5, 0.6) is 11.5 Å². The summed E-state index contributed by atoms with van der Waals surface area (Å²) < 4.78 is 28.4. The number of esters is 1. The largest absolute Gasteiger partial charge is 0.457 e. The molecule has 1 aliphatic rings. The maximum Gasteiger partial charge on any atom is 0.338 e. The van der Waals surface area contributed by atoms with Crippen LogP contribution in [-0.4, -0.2) is 12.8 Å². The summed E-state index contributed by atoms with van der Waals surface area (Å²) in [5, 5.41) is 0.401. The third kappa shape index (κ3) is 2.92. The minimum Gasteiger partial charge on any atom is -0.457 e. The Labute approximate surface area is 125 Å². The molecule has 0 radical (unpaired) electrons. The Morgan fingerprint density at radius 2 is 2.00 bits per heavy atom. The van der Waals surface area contributed by atoms with Crippen molar-refractivity contribution in [2.24, 2.45) is 0 Å². The molecule has 0 saturated carbocycles. The monoisotopic (exact) mass is 308 g/mol. The lowest BCUT2D eigenvalue weighted by atomic mass is 10.2. The highest BCUT2D eigenvalue weighted by Gasteiger charge is 2.18. The summed E-state index contributed by atoms with van der Waals surface area (Å²) in [4.78, 5) is 11.8. The van der Waals surface area contributed by atoms with Crippen molar-refractivity contribution in [2.45, 2.75) is 6.61 Å². The van der Waals surface area contributed by atoms with E-state index in [1.54, 1.807) is 12.1 Å². The van der Waals surface area contributed by atoms with Crippen molar-refractivity contribution in [3.05, 3.63) is 58.4 Å². The summed E-state index contributed by atoms with van der Waals surface area (Å²) in [6.45, 7) is 0.153. The van der Waals surface area contributed by atoms with Crippen LogP contribution in [0.1, 0.15) is 15.9 Å². The predicted octanol–water partition coefficient (Wildman–Crippen LogP) is 3.56. The first-order chi connectivity index (χ1) is 10.1. The molecule has 108 valence electrons. The molecule has 1 aliphatic heterocycles. The van der Waals surface area contributed by atoms with E-state index in [0.717, 1.165) is 0 Å². The second-order valence-electron chi connectivity index (χ2n) is 4.39. The number of ether oxygens (including phenoxy) is 3. The van der Waals surface area contributed by atoms with Crippen molar-refractivity contribution in [3.63, 3.8) is 0 Å². The van der Waals surface area contributed by atoms with E-state index in [2.05, 4.69) is 0 Å². The molecule has 0 bridgehead atoms. The molecule has 0 saturated heterocycles. The summed E-state index contributed by atoms with van der Waals surface area (Å²) in [5.41, 5.74) is 0.961. The van der Waals surface area contributed by atoms with Crippen molar-refractivity contribution in [1.29, 1.82) is 0 Å². The molecule has 6 heteroatoms. The first-order valence-corrected chi connectivity index (χ1v) is 6.52. The van der Waals surface area contributed by atoms with Gasteiger partial charge in [-0.25, -0.2) is 9.18 Å². The van der Waals surface area contributed by atoms with E-state index in [1.165, 1.54) is 24.3 Å². The van der Waals surface area contributed by atoms with E-state index >= 15 is 0 Å². The zero-order valence-corrected chi connectivity index (χ0v) is 11.5. The number of fused-ring (bicyclic) bond motifs is 1. The van der Waals surface area contributed by atoms with Gasteiger partial charge in [0.1, 0.15) is 12.4 Å². The Morgan fingerprint density at radius 3 is 2.76 bits per heavy atom. The predicted molar refractivity (Wildman–Crippen MR) is 73.1 cm³/mol. The summed E-state index contributed by atoms with van der Waals surface area (Å²) >= 11 is 6.04. The molecule has 0 aliphatic carbocycles. The van der Waals surface area contributed by atoms with Gasteiger partial charge in [-0.3, -0.25) is 0 Å². The van der Waals surface area contributed by atoms with Crippen LogP contribution in [0.4, 0.5) is 4.39 Å². The first-order valence-electron chi connectivity index (χ1n) is 6.14. The van der Waals surface area contributed by atoms with Crippen LogP contribution >= 0.6 is 11.6 Å². The van der Waals surface area contributed by atoms with E-state index in [0.29, 0.717) is 22.1 Å². The van der Waals surface area contributed by atoms with Crippen LogP contribution in [-0.2, 0) is 11.3 Å². The molecule has 0 aromatic heterocycles. The molecule has 0 atom stereocenters. The second kappa shape index (κ2) is 5.61. The van der Waals surface area contributed by atoms with Crippen LogP contribution in [0.2, 0.25) is 5.02 Å². The summed E-state index contributed by atoms with van der Waals surface area (Å²) in [6.07, 6.45) is 0. The molecule has 0 N–H and O–H groups in total. The number of hydrogen-bond donors (Lipinski definition) is 0. The van der Waals surface area contributed by atoms with Crippen molar-refractivity contribution < 1.29 is 23.4 Å². The number of benzene rings is 2. The van der Waals surface area contributed by atoms with Crippen LogP contribution in [0, 0.1) is 5.82 Å². The van der Waals surface area contributed by atoms with E-state index in [-0.39, 0.29) is 19.0 Å². The number of halogens is 2. The lowest BCUT2D eigenvalue weighted by Crippen LogP contribution is -2.05. The SMILES string of the molecule is O=C(OCc1cc(Cl)c2c(c1)OCO2)c1ccc(F)cc1. The Bertz CT molecular complexity index is 685. The fourth-order valence-electron chi connectivity index (χ4n) is 1.92. The summed E-state index contributed by atoms with van der Waals surface area (Å²) in [5.74, 6) is 0.0681. The third-order valence-corrected chi connectivity index (χ3v) is 3.22. The van der Waals surface area contributed by atoms with Gasteiger partial charge in [-0.2, -0.15) is 0 Å². The molecule has 2 aromatic rings. The number of carbonyl (C=O) groups excluding carboxylic acids is 1. The lowest BCUT2D eigenvalue weighted by molar-refractivity contribution is 0.0472. The van der Waals surface area contributed by atoms with Gasteiger partial charge in [0.15, 0.2) is 11.5 Å². The quantitative estimate of drug-likeness (QED) is 0.813. The van der Waals surface area contributed by atoms with Gasteiger partial charge in [0.05, 0.1) is 10.6 Å². The second-order valence-corrected chi connectivity index (χ2v) is 4.80. The smallest absolute Gasteiger partial charge is 0.338 e. The van der Waals surface area contributed by atoms with Crippen LogP contribution in [0.3, 0.4) is 0 Å². The Balaban J connectivity index is 1.69. The first kappa shape index (κ1) is 13.7. The van der Waals surface area contributed by atoms with Gasteiger partial charge in [0, 0.05) is 0 Å². The highest BCUT2D eigenvalue weighted by atomic mass is 35.5. The Morgan fingerprint density at radius 1 is 1.24 bits per heavy atom. The number of rotatable bonds is 3. The van der Waals surface area contributed by atoms with E-state index in [4.69, 9.17) is 25.8 Å². The molecule has 3 rings (SSSR count). The van der Waals surface area contributed by atoms with Gasteiger partial charge >= 0.3 is 5.97 Å². The van der Waals surface area contributed by atoms with Crippen molar-refractivity contribution in [2.75, 3.05) is 6.79 Å². The number of carbonyl (C=O) groups is 1. The molecule has 2 aromatic carbocycles. The third-order valence-electron chi connectivity index (χ3n) is 2.94. The maximum atomic E-state index is 12.8. The molecule has 0 spiro atoms. The molecule has 0 fully saturated rings. The average Bonchev–Trinajstić information content (AvgIpc) is 2.94. The molecule has 4 nitrogen and oxygen atoms in total. The van der Waals surface area contributed by atoms with Crippen molar-refractivity contribution in [3.8, 4) is 11.5 Å². The van der Waals surface area contributed by atoms with Gasteiger partial charge in [-0.1, -0.05) is 11.6 Å². The van der Waals surface area contributed by atoms with Gasteiger partial charge < -0.3 is 14.2 Å². The summed E-state index contributed by atoms with van der Waals surface area (Å²) in [6, 6.07) is 8.48. The van der Waals surface area contributed by atoms with Crippen LogP contribution in [0.25, 0.3) is 0 Å². The fourth-order valence-corrected chi connectivity index (χ4v) is 2.21. The number of hydrogen-bond acceptors (Lipinski definition) is 4. The summed E-state index contributed by atoms with van der Waals surface area (Å²) in [7, 11) is 0. The molecule has 0 unspecified atom stereocenters. The van der Waals surface area contributed by atoms with Crippen molar-refractivity contribution >= 4 is 17.6 Å². The molecule has 21 heavy (non-hydrogen) atoms. The highest BCUT2D eigenvalue weighted by Crippen LogP contribution is 2.39. The Kier molecular flexibility index (Phi) is 3.66. The maximum absolute atomic E-state index is 12.8. The minimum atomic E-state index is -0.538. The zero-order chi connectivity index (χ0) is 14.8. The zero-order valence-electron chi connectivity index (χ0n) is 10.8. The molecule has 0 amide bonds. The lowest BCUT2D eigenvalue weighted by Gasteiger charge is -2.07. The van der Waals surface area contributed by atoms with Crippen LogP contribution < -0.4 is 9.47 Å². The minimum absolute atomic E-state index is 0.0343. The standard InChI is InChI=1S/C15H10ClFO4/c16-12-5-9(6-13-14(12)21-8-20-13)7-19-15(18)10-1-3-11(17)4-2-10/h1-6H,7-8H2. The van der Waals surface area contributed by atoms with Gasteiger partial charge in [-0.05, 0) is 42.0 Å². The normalized spacial score (nSPS) is 12.3. The molecule has 1 heterocycles. The topological polar surface area (TPSA) is 44.8 Å². The highest BCUT2D eigenvalue weighted by molar-refractivity contribution is 6.32. The molecular weight excluding hydrogens is 299 g/mol. The van der Waals surface area contributed by atoms with Gasteiger partial charge in [0.2, 0.25) is 6.79 Å². The fraction of sp³-hybridized carbons (Fsp3) is 0.133.